The number of hydrogen-bond donors (Lipinski definition) is 1. The number of esters is 1. The van der Waals surface area contributed by atoms with Gasteiger partial charge in [-0.3, -0.25) is 4.79 Å². The van der Waals surface area contributed by atoms with Crippen molar-refractivity contribution in [3.63, 3.8) is 0 Å². The van der Waals surface area contributed by atoms with Crippen LogP contribution in [0.1, 0.15) is 12.5 Å². The minimum atomic E-state index is -0.335. The predicted octanol–water partition coefficient (Wildman–Crippen LogP) is 1.49. The summed E-state index contributed by atoms with van der Waals surface area (Å²) in [4.78, 5) is 11.1. The van der Waals surface area contributed by atoms with Crippen LogP contribution in [-0.2, 0) is 16.1 Å². The summed E-state index contributed by atoms with van der Waals surface area (Å²) in [6, 6.07) is 4.25. The Kier molecular flexibility index (Phi) is 5.42. The lowest BCUT2D eigenvalue weighted by Gasteiger charge is -2.09. The minimum absolute atomic E-state index is 0.0908. The lowest BCUT2D eigenvalue weighted by atomic mass is 10.2. The largest absolute Gasteiger partial charge is 0.496 e. The summed E-state index contributed by atoms with van der Waals surface area (Å²) < 4.78 is 22.9. The van der Waals surface area contributed by atoms with Crippen LogP contribution in [0.15, 0.2) is 18.2 Å². The van der Waals surface area contributed by atoms with Gasteiger partial charge in [0.1, 0.15) is 11.6 Å². The molecule has 94 valence electrons. The van der Waals surface area contributed by atoms with Crippen molar-refractivity contribution in [2.75, 3.05) is 20.3 Å². The van der Waals surface area contributed by atoms with Crippen molar-refractivity contribution in [3.05, 3.63) is 29.6 Å². The van der Waals surface area contributed by atoms with Crippen molar-refractivity contribution >= 4 is 5.97 Å². The molecule has 17 heavy (non-hydrogen) atoms. The first kappa shape index (κ1) is 13.4. The molecule has 0 saturated carbocycles. The fraction of sp³-hybridized carbons (Fsp3) is 0.417. The van der Waals surface area contributed by atoms with Crippen LogP contribution in [0.25, 0.3) is 0 Å². The van der Waals surface area contributed by atoms with Crippen molar-refractivity contribution in [2.45, 2.75) is 13.5 Å². The van der Waals surface area contributed by atoms with Crippen LogP contribution in [0.5, 0.6) is 5.75 Å². The average molecular weight is 241 g/mol. The summed E-state index contributed by atoms with van der Waals surface area (Å²) in [6.07, 6.45) is 0. The molecule has 0 amide bonds. The van der Waals surface area contributed by atoms with Crippen molar-refractivity contribution < 1.29 is 18.7 Å². The molecule has 0 aliphatic carbocycles. The number of ether oxygens (including phenoxy) is 2. The highest BCUT2D eigenvalue weighted by Gasteiger charge is 2.06. The lowest BCUT2D eigenvalue weighted by molar-refractivity contribution is -0.142. The summed E-state index contributed by atoms with van der Waals surface area (Å²) in [5.41, 5.74) is 0.664. The van der Waals surface area contributed by atoms with Gasteiger partial charge in [0.15, 0.2) is 0 Å². The molecule has 1 rings (SSSR count). The van der Waals surface area contributed by atoms with E-state index in [9.17, 15) is 9.18 Å². The zero-order chi connectivity index (χ0) is 12.7. The molecular weight excluding hydrogens is 225 g/mol. The Morgan fingerprint density at radius 2 is 2.24 bits per heavy atom. The van der Waals surface area contributed by atoms with Crippen LogP contribution >= 0.6 is 0 Å². The number of carbonyl (C=O) groups is 1. The Morgan fingerprint density at radius 3 is 2.88 bits per heavy atom. The Balaban J connectivity index is 2.50. The summed E-state index contributed by atoms with van der Waals surface area (Å²) in [7, 11) is 1.52. The van der Waals surface area contributed by atoms with Crippen LogP contribution in [0.3, 0.4) is 0 Å². The third-order valence-corrected chi connectivity index (χ3v) is 2.13. The smallest absolute Gasteiger partial charge is 0.319 e. The topological polar surface area (TPSA) is 47.6 Å². The number of hydrogen-bond acceptors (Lipinski definition) is 4. The molecule has 0 fully saturated rings. The van der Waals surface area contributed by atoms with Crippen molar-refractivity contribution in [1.29, 1.82) is 0 Å². The fourth-order valence-corrected chi connectivity index (χ4v) is 1.40. The maximum Gasteiger partial charge on any atom is 0.319 e. The molecule has 0 aliphatic rings. The van der Waals surface area contributed by atoms with Crippen LogP contribution in [0.2, 0.25) is 0 Å². The van der Waals surface area contributed by atoms with E-state index in [1.54, 1.807) is 13.0 Å². The number of rotatable bonds is 6. The molecule has 4 nitrogen and oxygen atoms in total. The Bertz CT molecular complexity index is 382. The third-order valence-electron chi connectivity index (χ3n) is 2.13. The quantitative estimate of drug-likeness (QED) is 0.766. The van der Waals surface area contributed by atoms with Gasteiger partial charge in [-0.05, 0) is 25.1 Å². The normalized spacial score (nSPS) is 10.1. The van der Waals surface area contributed by atoms with Gasteiger partial charge in [-0.2, -0.15) is 0 Å². The molecule has 0 unspecified atom stereocenters. The zero-order valence-corrected chi connectivity index (χ0v) is 9.96. The first-order chi connectivity index (χ1) is 8.17. The van der Waals surface area contributed by atoms with Crippen molar-refractivity contribution in [2.24, 2.45) is 0 Å². The average Bonchev–Trinajstić information content (AvgIpc) is 2.30. The maximum absolute atomic E-state index is 13.0. The van der Waals surface area contributed by atoms with Gasteiger partial charge in [0.05, 0.1) is 20.3 Å². The van der Waals surface area contributed by atoms with E-state index >= 15 is 0 Å². The van der Waals surface area contributed by atoms with Gasteiger partial charge in [0.25, 0.3) is 0 Å². The molecule has 0 bridgehead atoms. The number of carbonyl (C=O) groups excluding carboxylic acids is 1. The fourth-order valence-electron chi connectivity index (χ4n) is 1.40. The molecule has 0 radical (unpaired) electrons. The van der Waals surface area contributed by atoms with E-state index in [-0.39, 0.29) is 18.3 Å². The van der Waals surface area contributed by atoms with Gasteiger partial charge in [-0.1, -0.05) is 0 Å². The molecule has 0 saturated heterocycles. The minimum Gasteiger partial charge on any atom is -0.496 e. The van der Waals surface area contributed by atoms with Gasteiger partial charge in [-0.15, -0.1) is 0 Å². The van der Waals surface area contributed by atoms with Crippen molar-refractivity contribution in [3.8, 4) is 5.75 Å². The molecule has 0 aliphatic heterocycles. The number of nitrogens with one attached hydrogen (secondary N) is 1. The highest BCUT2D eigenvalue weighted by Crippen LogP contribution is 2.18. The van der Waals surface area contributed by atoms with Gasteiger partial charge in [0.2, 0.25) is 0 Å². The summed E-state index contributed by atoms with van der Waals surface area (Å²) in [6.45, 7) is 2.53. The maximum atomic E-state index is 13.0. The monoisotopic (exact) mass is 241 g/mol. The molecule has 1 aromatic rings. The second-order valence-corrected chi connectivity index (χ2v) is 3.36. The van der Waals surface area contributed by atoms with E-state index in [1.807, 2.05) is 0 Å². The zero-order valence-electron chi connectivity index (χ0n) is 9.96. The molecule has 1 N–H and O–H groups in total. The van der Waals surface area contributed by atoms with E-state index in [2.05, 4.69) is 5.32 Å². The van der Waals surface area contributed by atoms with Gasteiger partial charge in [0, 0.05) is 12.1 Å². The molecule has 0 spiro atoms. The Hall–Kier alpha value is -1.62. The summed E-state index contributed by atoms with van der Waals surface area (Å²) >= 11 is 0. The van der Waals surface area contributed by atoms with Crippen LogP contribution < -0.4 is 10.1 Å². The summed E-state index contributed by atoms with van der Waals surface area (Å²) in [5.74, 6) is -0.0793. The molecule has 5 heteroatoms. The highest BCUT2D eigenvalue weighted by atomic mass is 19.1. The number of benzene rings is 1. The molecule has 0 heterocycles. The van der Waals surface area contributed by atoms with E-state index in [4.69, 9.17) is 9.47 Å². The van der Waals surface area contributed by atoms with Crippen LogP contribution in [0, 0.1) is 5.82 Å². The first-order valence-corrected chi connectivity index (χ1v) is 5.36. The summed E-state index contributed by atoms with van der Waals surface area (Å²) in [5, 5.41) is 2.87. The number of halogens is 1. The molecule has 0 aromatic heterocycles. The Labute approximate surface area is 99.7 Å². The van der Waals surface area contributed by atoms with Crippen LogP contribution in [0.4, 0.5) is 4.39 Å². The van der Waals surface area contributed by atoms with Gasteiger partial charge in [-0.25, -0.2) is 4.39 Å². The predicted molar refractivity (Wildman–Crippen MR) is 61.3 cm³/mol. The van der Waals surface area contributed by atoms with Crippen LogP contribution in [-0.4, -0.2) is 26.2 Å². The SMILES string of the molecule is CCOC(=O)CNCc1cc(F)ccc1OC. The van der Waals surface area contributed by atoms with E-state index in [1.165, 1.54) is 19.2 Å². The van der Waals surface area contributed by atoms with Crippen molar-refractivity contribution in [1.82, 2.24) is 5.32 Å². The first-order valence-electron chi connectivity index (χ1n) is 5.36. The third kappa shape index (κ3) is 4.40. The van der Waals surface area contributed by atoms with E-state index in [0.29, 0.717) is 24.5 Å². The second kappa shape index (κ2) is 6.85. The van der Waals surface area contributed by atoms with Gasteiger partial charge >= 0.3 is 5.97 Å². The molecule has 1 aromatic carbocycles. The standard InChI is InChI=1S/C12H16FNO3/c1-3-17-12(15)8-14-7-9-6-10(13)4-5-11(9)16-2/h4-6,14H,3,7-8H2,1-2H3. The van der Waals surface area contributed by atoms with E-state index in [0.717, 1.165) is 0 Å². The lowest BCUT2D eigenvalue weighted by Crippen LogP contribution is -2.24. The Morgan fingerprint density at radius 1 is 1.47 bits per heavy atom. The number of methoxy groups -OCH3 is 1. The van der Waals surface area contributed by atoms with Gasteiger partial charge < -0.3 is 14.8 Å². The van der Waals surface area contributed by atoms with E-state index < -0.39 is 0 Å². The molecule has 0 atom stereocenters. The highest BCUT2D eigenvalue weighted by molar-refractivity contribution is 5.71. The molecular formula is C12H16FNO3. The second-order valence-electron chi connectivity index (χ2n) is 3.36.